The molecule has 7 heteroatoms. The van der Waals surface area contributed by atoms with Crippen LogP contribution in [0.25, 0.3) is 22.2 Å². The highest BCUT2D eigenvalue weighted by atomic mass is 32.2. The molecule has 0 unspecified atom stereocenters. The van der Waals surface area contributed by atoms with Gasteiger partial charge in [-0.3, -0.25) is 0 Å². The van der Waals surface area contributed by atoms with Crippen molar-refractivity contribution in [3.05, 3.63) is 109 Å². The Balaban J connectivity index is 1.55. The predicted octanol–water partition coefficient (Wildman–Crippen LogP) is 5.26. The second-order valence-corrected chi connectivity index (χ2v) is 9.62. The van der Waals surface area contributed by atoms with Crippen molar-refractivity contribution in [2.45, 2.75) is 18.4 Å². The van der Waals surface area contributed by atoms with Crippen LogP contribution in [0.15, 0.2) is 102 Å². The number of nitrogens with one attached hydrogen (secondary N) is 1. The summed E-state index contributed by atoms with van der Waals surface area (Å²) in [6.07, 6.45) is 4.96. The van der Waals surface area contributed by atoms with Gasteiger partial charge in [0.05, 0.1) is 4.90 Å². The van der Waals surface area contributed by atoms with Gasteiger partial charge in [-0.05, 0) is 54.4 Å². The van der Waals surface area contributed by atoms with E-state index in [0.29, 0.717) is 18.0 Å². The largest absolute Gasteiger partial charge is 0.366 e. The highest BCUT2D eigenvalue weighted by Crippen LogP contribution is 2.32. The zero-order valence-electron chi connectivity index (χ0n) is 18.0. The van der Waals surface area contributed by atoms with Gasteiger partial charge in [-0.1, -0.05) is 48.0 Å². The lowest BCUT2D eigenvalue weighted by molar-refractivity contribution is 0.589. The zero-order valence-corrected chi connectivity index (χ0v) is 18.8. The van der Waals surface area contributed by atoms with Crippen LogP contribution in [0.1, 0.15) is 11.1 Å². The fourth-order valence-electron chi connectivity index (χ4n) is 3.75. The summed E-state index contributed by atoms with van der Waals surface area (Å²) in [5, 5.41) is 4.09. The highest BCUT2D eigenvalue weighted by Gasteiger charge is 2.22. The van der Waals surface area contributed by atoms with E-state index in [1.165, 1.54) is 3.97 Å². The zero-order chi connectivity index (χ0) is 22.8. The van der Waals surface area contributed by atoms with Crippen LogP contribution in [0.3, 0.4) is 0 Å². The molecule has 0 saturated carbocycles. The van der Waals surface area contributed by atoms with Crippen molar-refractivity contribution in [3.8, 4) is 11.1 Å². The Morgan fingerprint density at radius 2 is 1.67 bits per heavy atom. The molecule has 0 fully saturated rings. The molecule has 0 aliphatic rings. The van der Waals surface area contributed by atoms with E-state index in [9.17, 15) is 8.42 Å². The number of pyridine rings is 2. The Morgan fingerprint density at radius 1 is 0.879 bits per heavy atom. The van der Waals surface area contributed by atoms with Gasteiger partial charge in [0.15, 0.2) is 5.65 Å². The Labute approximate surface area is 192 Å². The van der Waals surface area contributed by atoms with Crippen molar-refractivity contribution in [1.82, 2.24) is 13.9 Å². The summed E-state index contributed by atoms with van der Waals surface area (Å²) in [4.78, 5) is 9.03. The molecule has 0 saturated heterocycles. The van der Waals surface area contributed by atoms with E-state index in [1.54, 1.807) is 42.9 Å². The number of aromatic nitrogens is 3. The summed E-state index contributed by atoms with van der Waals surface area (Å²) in [7, 11) is -3.80. The number of hydrogen-bond acceptors (Lipinski definition) is 5. The SMILES string of the molecule is Cc1ccc(S(=O)(=O)n2cc(-c3ccnc(NCc4ccccc4)c3)c3cccnc32)cc1. The lowest BCUT2D eigenvalue weighted by Crippen LogP contribution is -2.12. The highest BCUT2D eigenvalue weighted by molar-refractivity contribution is 7.90. The number of rotatable bonds is 6. The first-order chi connectivity index (χ1) is 16.0. The summed E-state index contributed by atoms with van der Waals surface area (Å²) >= 11 is 0. The lowest BCUT2D eigenvalue weighted by Gasteiger charge is -2.08. The molecule has 6 nitrogen and oxygen atoms in total. The fraction of sp³-hybridized carbons (Fsp3) is 0.0769. The maximum Gasteiger partial charge on any atom is 0.269 e. The van der Waals surface area contributed by atoms with E-state index < -0.39 is 10.0 Å². The minimum Gasteiger partial charge on any atom is -0.366 e. The molecule has 3 aromatic heterocycles. The third-order valence-electron chi connectivity index (χ3n) is 5.50. The van der Waals surface area contributed by atoms with Gasteiger partial charge in [-0.2, -0.15) is 0 Å². The van der Waals surface area contributed by atoms with Crippen LogP contribution in [0.4, 0.5) is 5.82 Å². The minimum absolute atomic E-state index is 0.224. The molecular formula is C26H22N4O2S. The van der Waals surface area contributed by atoms with Crippen LogP contribution in [-0.4, -0.2) is 22.4 Å². The normalized spacial score (nSPS) is 11.5. The number of hydrogen-bond donors (Lipinski definition) is 1. The minimum atomic E-state index is -3.80. The molecule has 3 heterocycles. The Hall–Kier alpha value is -3.97. The van der Waals surface area contributed by atoms with Crippen molar-refractivity contribution in [2.75, 3.05) is 5.32 Å². The van der Waals surface area contributed by atoms with E-state index in [2.05, 4.69) is 15.3 Å². The standard InChI is InChI=1S/C26H22N4O2S/c1-19-9-11-22(12-10-19)33(31,32)30-18-24(23-8-5-14-28-26(23)30)21-13-15-27-25(16-21)29-17-20-6-3-2-4-7-20/h2-16,18H,17H2,1H3,(H,27,29). The van der Waals surface area contributed by atoms with Gasteiger partial charge in [0.2, 0.25) is 0 Å². The number of benzene rings is 2. The van der Waals surface area contributed by atoms with Crippen molar-refractivity contribution < 1.29 is 8.42 Å². The first kappa shape index (κ1) is 20.9. The van der Waals surface area contributed by atoms with Gasteiger partial charge in [0.25, 0.3) is 10.0 Å². The number of aryl methyl sites for hydroxylation is 1. The van der Waals surface area contributed by atoms with Crippen LogP contribution in [0, 0.1) is 6.92 Å². The molecule has 0 atom stereocenters. The van der Waals surface area contributed by atoms with E-state index in [0.717, 1.165) is 27.6 Å². The number of nitrogens with zero attached hydrogens (tertiary/aromatic N) is 3. The molecule has 0 spiro atoms. The van der Waals surface area contributed by atoms with Crippen molar-refractivity contribution in [2.24, 2.45) is 0 Å². The Morgan fingerprint density at radius 3 is 2.45 bits per heavy atom. The van der Waals surface area contributed by atoms with Crippen molar-refractivity contribution in [3.63, 3.8) is 0 Å². The molecule has 164 valence electrons. The third kappa shape index (κ3) is 4.10. The Bertz CT molecular complexity index is 1530. The van der Waals surface area contributed by atoms with Gasteiger partial charge in [-0.15, -0.1) is 0 Å². The third-order valence-corrected chi connectivity index (χ3v) is 7.16. The summed E-state index contributed by atoms with van der Waals surface area (Å²) in [5.41, 5.74) is 4.17. The van der Waals surface area contributed by atoms with E-state index >= 15 is 0 Å². The first-order valence-electron chi connectivity index (χ1n) is 10.5. The summed E-state index contributed by atoms with van der Waals surface area (Å²) in [5.74, 6) is 0.711. The first-order valence-corrected chi connectivity index (χ1v) is 12.0. The number of anilines is 1. The molecule has 0 aliphatic heterocycles. The molecule has 0 amide bonds. The second-order valence-electron chi connectivity index (χ2n) is 7.80. The molecule has 0 radical (unpaired) electrons. The maximum absolute atomic E-state index is 13.4. The van der Waals surface area contributed by atoms with Gasteiger partial charge >= 0.3 is 0 Å². The second kappa shape index (κ2) is 8.52. The van der Waals surface area contributed by atoms with E-state index in [-0.39, 0.29) is 4.90 Å². The van der Waals surface area contributed by atoms with Crippen LogP contribution in [0.2, 0.25) is 0 Å². The smallest absolute Gasteiger partial charge is 0.269 e. The van der Waals surface area contributed by atoms with Gasteiger partial charge in [0.1, 0.15) is 5.82 Å². The van der Waals surface area contributed by atoms with Crippen LogP contribution < -0.4 is 5.32 Å². The van der Waals surface area contributed by atoms with E-state index in [1.807, 2.05) is 61.5 Å². The van der Waals surface area contributed by atoms with Crippen LogP contribution in [0.5, 0.6) is 0 Å². The van der Waals surface area contributed by atoms with E-state index in [4.69, 9.17) is 0 Å². The number of fused-ring (bicyclic) bond motifs is 1. The molecule has 1 N–H and O–H groups in total. The molecule has 0 aliphatic carbocycles. The average Bonchev–Trinajstić information content (AvgIpc) is 3.25. The summed E-state index contributed by atoms with van der Waals surface area (Å²) < 4.78 is 28.1. The average molecular weight is 455 g/mol. The molecular weight excluding hydrogens is 432 g/mol. The summed E-state index contributed by atoms with van der Waals surface area (Å²) in [6, 6.07) is 24.4. The van der Waals surface area contributed by atoms with Crippen LogP contribution >= 0.6 is 0 Å². The van der Waals surface area contributed by atoms with Crippen molar-refractivity contribution in [1.29, 1.82) is 0 Å². The van der Waals surface area contributed by atoms with Gasteiger partial charge in [-0.25, -0.2) is 22.4 Å². The molecule has 33 heavy (non-hydrogen) atoms. The predicted molar refractivity (Wildman–Crippen MR) is 130 cm³/mol. The Kier molecular flexibility index (Phi) is 5.40. The molecule has 2 aromatic carbocycles. The maximum atomic E-state index is 13.4. The summed E-state index contributed by atoms with van der Waals surface area (Å²) in [6.45, 7) is 2.57. The lowest BCUT2D eigenvalue weighted by atomic mass is 10.1. The topological polar surface area (TPSA) is 76.9 Å². The van der Waals surface area contributed by atoms with Crippen molar-refractivity contribution >= 4 is 26.9 Å². The molecule has 5 aromatic rings. The monoisotopic (exact) mass is 454 g/mol. The van der Waals surface area contributed by atoms with Crippen LogP contribution in [-0.2, 0) is 16.6 Å². The molecule has 0 bridgehead atoms. The quantitative estimate of drug-likeness (QED) is 0.379. The fourth-order valence-corrected chi connectivity index (χ4v) is 5.08. The van der Waals surface area contributed by atoms with Gasteiger partial charge < -0.3 is 5.32 Å². The van der Waals surface area contributed by atoms with Gasteiger partial charge in [0, 0.05) is 36.1 Å². The molecule has 5 rings (SSSR count).